The van der Waals surface area contributed by atoms with Gasteiger partial charge < -0.3 is 5.32 Å². The SMILES string of the molecule is CC(CC1CC1)Nc1cc(C#N)c2ccccc2n1. The van der Waals surface area contributed by atoms with E-state index in [0.717, 1.165) is 22.6 Å². The summed E-state index contributed by atoms with van der Waals surface area (Å²) in [7, 11) is 0. The maximum Gasteiger partial charge on any atom is 0.128 e. The Morgan fingerprint density at radius 1 is 1.42 bits per heavy atom. The van der Waals surface area contributed by atoms with Crippen molar-refractivity contribution in [1.29, 1.82) is 5.26 Å². The minimum absolute atomic E-state index is 0.410. The normalized spacial score (nSPS) is 16.0. The number of benzene rings is 1. The van der Waals surface area contributed by atoms with Gasteiger partial charge in [0.25, 0.3) is 0 Å². The summed E-state index contributed by atoms with van der Waals surface area (Å²) in [4.78, 5) is 4.59. The number of hydrogen-bond acceptors (Lipinski definition) is 3. The summed E-state index contributed by atoms with van der Waals surface area (Å²) in [6.07, 6.45) is 3.91. The number of aromatic nitrogens is 1. The van der Waals surface area contributed by atoms with Gasteiger partial charge in [0.05, 0.1) is 17.1 Å². The number of nitrogens with zero attached hydrogens (tertiary/aromatic N) is 2. The maximum absolute atomic E-state index is 9.24. The van der Waals surface area contributed by atoms with Gasteiger partial charge in [-0.2, -0.15) is 5.26 Å². The third kappa shape index (κ3) is 2.68. The molecule has 1 aliphatic carbocycles. The van der Waals surface area contributed by atoms with E-state index in [9.17, 15) is 5.26 Å². The largest absolute Gasteiger partial charge is 0.368 e. The van der Waals surface area contributed by atoms with E-state index < -0.39 is 0 Å². The lowest BCUT2D eigenvalue weighted by molar-refractivity contribution is 0.640. The highest BCUT2D eigenvalue weighted by Crippen LogP contribution is 2.34. The van der Waals surface area contributed by atoms with E-state index in [-0.39, 0.29) is 0 Å². The Balaban J connectivity index is 1.88. The van der Waals surface area contributed by atoms with Crippen LogP contribution < -0.4 is 5.32 Å². The van der Waals surface area contributed by atoms with Gasteiger partial charge in [-0.3, -0.25) is 0 Å². The molecule has 0 aliphatic heterocycles. The zero-order valence-corrected chi connectivity index (χ0v) is 11.1. The molecule has 3 nitrogen and oxygen atoms in total. The number of nitrogens with one attached hydrogen (secondary N) is 1. The number of hydrogen-bond donors (Lipinski definition) is 1. The lowest BCUT2D eigenvalue weighted by atomic mass is 10.1. The summed E-state index contributed by atoms with van der Waals surface area (Å²) in [5.41, 5.74) is 1.56. The van der Waals surface area contributed by atoms with Gasteiger partial charge >= 0.3 is 0 Å². The van der Waals surface area contributed by atoms with Crippen LogP contribution in [0.3, 0.4) is 0 Å². The van der Waals surface area contributed by atoms with Crippen molar-refractivity contribution in [3.63, 3.8) is 0 Å². The summed E-state index contributed by atoms with van der Waals surface area (Å²) >= 11 is 0. The average Bonchev–Trinajstić information content (AvgIpc) is 3.21. The van der Waals surface area contributed by atoms with Crippen LogP contribution in [0.15, 0.2) is 30.3 Å². The summed E-state index contributed by atoms with van der Waals surface area (Å²) in [6.45, 7) is 2.18. The molecule has 19 heavy (non-hydrogen) atoms. The maximum atomic E-state index is 9.24. The van der Waals surface area contributed by atoms with Crippen LogP contribution in [-0.2, 0) is 0 Å². The predicted molar refractivity (Wildman–Crippen MR) is 76.9 cm³/mol. The molecule has 1 heterocycles. The van der Waals surface area contributed by atoms with E-state index >= 15 is 0 Å². The highest BCUT2D eigenvalue weighted by Gasteiger charge is 2.23. The first kappa shape index (κ1) is 12.0. The first-order valence-corrected chi connectivity index (χ1v) is 6.82. The lowest BCUT2D eigenvalue weighted by Gasteiger charge is -2.14. The van der Waals surface area contributed by atoms with Crippen molar-refractivity contribution < 1.29 is 0 Å². The van der Waals surface area contributed by atoms with Crippen LogP contribution in [0.1, 0.15) is 31.7 Å². The molecule has 1 unspecified atom stereocenters. The Kier molecular flexibility index (Phi) is 3.08. The van der Waals surface area contributed by atoms with Crippen LogP contribution in [0, 0.1) is 17.2 Å². The van der Waals surface area contributed by atoms with Gasteiger partial charge in [0.2, 0.25) is 0 Å². The summed E-state index contributed by atoms with van der Waals surface area (Å²) in [5, 5.41) is 13.6. The minimum Gasteiger partial charge on any atom is -0.368 e. The van der Waals surface area contributed by atoms with Crippen molar-refractivity contribution in [2.24, 2.45) is 5.92 Å². The van der Waals surface area contributed by atoms with Crippen molar-refractivity contribution in [1.82, 2.24) is 4.98 Å². The van der Waals surface area contributed by atoms with Crippen LogP contribution >= 0.6 is 0 Å². The fourth-order valence-corrected chi connectivity index (χ4v) is 2.51. The molecule has 0 bridgehead atoms. The summed E-state index contributed by atoms with van der Waals surface area (Å²) in [6, 6.07) is 12.3. The lowest BCUT2D eigenvalue weighted by Crippen LogP contribution is -2.16. The van der Waals surface area contributed by atoms with E-state index in [1.165, 1.54) is 19.3 Å². The molecule has 1 N–H and O–H groups in total. The van der Waals surface area contributed by atoms with Gasteiger partial charge in [0.1, 0.15) is 5.82 Å². The van der Waals surface area contributed by atoms with Crippen LogP contribution in [0.2, 0.25) is 0 Å². The Hall–Kier alpha value is -2.08. The first-order chi connectivity index (χ1) is 9.26. The van der Waals surface area contributed by atoms with E-state index in [0.29, 0.717) is 11.6 Å². The second-order valence-electron chi connectivity index (χ2n) is 5.41. The van der Waals surface area contributed by atoms with Crippen molar-refractivity contribution in [3.05, 3.63) is 35.9 Å². The first-order valence-electron chi connectivity index (χ1n) is 6.82. The predicted octanol–water partition coefficient (Wildman–Crippen LogP) is 3.71. The van der Waals surface area contributed by atoms with Gasteiger partial charge in [-0.1, -0.05) is 31.0 Å². The summed E-state index contributed by atoms with van der Waals surface area (Å²) < 4.78 is 0. The van der Waals surface area contributed by atoms with E-state index in [2.05, 4.69) is 23.3 Å². The number of rotatable bonds is 4. The molecule has 2 aromatic rings. The molecule has 0 saturated heterocycles. The fraction of sp³-hybridized carbons (Fsp3) is 0.375. The monoisotopic (exact) mass is 251 g/mol. The topological polar surface area (TPSA) is 48.7 Å². The molecule has 1 fully saturated rings. The second kappa shape index (κ2) is 4.89. The molecule has 1 aliphatic rings. The Labute approximate surface area is 113 Å². The molecule has 1 aromatic heterocycles. The molecule has 1 atom stereocenters. The van der Waals surface area contributed by atoms with Gasteiger partial charge in [0, 0.05) is 11.4 Å². The standard InChI is InChI=1S/C16H17N3/c1-11(8-12-6-7-12)18-16-9-13(10-17)14-4-2-3-5-15(14)19-16/h2-5,9,11-12H,6-8H2,1H3,(H,18,19). The quantitative estimate of drug-likeness (QED) is 0.901. The number of para-hydroxylation sites is 1. The molecule has 0 spiro atoms. The minimum atomic E-state index is 0.410. The highest BCUT2D eigenvalue weighted by molar-refractivity contribution is 5.86. The molecule has 3 rings (SSSR count). The van der Waals surface area contributed by atoms with Gasteiger partial charge in [-0.25, -0.2) is 4.98 Å². The van der Waals surface area contributed by atoms with Crippen molar-refractivity contribution >= 4 is 16.7 Å². The molecule has 1 saturated carbocycles. The zero-order valence-electron chi connectivity index (χ0n) is 11.1. The Bertz CT molecular complexity index is 638. The molecule has 0 radical (unpaired) electrons. The van der Waals surface area contributed by atoms with Gasteiger partial charge in [-0.05, 0) is 31.4 Å². The van der Waals surface area contributed by atoms with Crippen LogP contribution in [-0.4, -0.2) is 11.0 Å². The number of fused-ring (bicyclic) bond motifs is 1. The Morgan fingerprint density at radius 2 is 2.21 bits per heavy atom. The van der Waals surface area contributed by atoms with Crippen molar-refractivity contribution in [3.8, 4) is 6.07 Å². The van der Waals surface area contributed by atoms with Gasteiger partial charge in [0.15, 0.2) is 0 Å². The van der Waals surface area contributed by atoms with E-state index in [4.69, 9.17) is 0 Å². The number of nitriles is 1. The van der Waals surface area contributed by atoms with Crippen LogP contribution in [0.5, 0.6) is 0 Å². The van der Waals surface area contributed by atoms with Crippen LogP contribution in [0.25, 0.3) is 10.9 Å². The average molecular weight is 251 g/mol. The molecular weight excluding hydrogens is 234 g/mol. The highest BCUT2D eigenvalue weighted by atomic mass is 15.0. The third-order valence-electron chi connectivity index (χ3n) is 3.61. The third-order valence-corrected chi connectivity index (χ3v) is 3.61. The fourth-order valence-electron chi connectivity index (χ4n) is 2.51. The molecule has 1 aromatic carbocycles. The zero-order chi connectivity index (χ0) is 13.2. The molecule has 3 heteroatoms. The molecule has 0 amide bonds. The van der Waals surface area contributed by atoms with Gasteiger partial charge in [-0.15, -0.1) is 0 Å². The van der Waals surface area contributed by atoms with Crippen molar-refractivity contribution in [2.45, 2.75) is 32.2 Å². The van der Waals surface area contributed by atoms with E-state index in [1.807, 2.05) is 30.3 Å². The smallest absolute Gasteiger partial charge is 0.128 e. The number of anilines is 1. The Morgan fingerprint density at radius 3 is 2.95 bits per heavy atom. The van der Waals surface area contributed by atoms with Crippen LogP contribution in [0.4, 0.5) is 5.82 Å². The molecular formula is C16H17N3. The second-order valence-corrected chi connectivity index (χ2v) is 5.41. The number of pyridine rings is 1. The molecule has 96 valence electrons. The van der Waals surface area contributed by atoms with Crippen molar-refractivity contribution in [2.75, 3.05) is 5.32 Å². The summed E-state index contributed by atoms with van der Waals surface area (Å²) in [5.74, 6) is 1.70. The van der Waals surface area contributed by atoms with E-state index in [1.54, 1.807) is 0 Å².